The number of nitrogens with zero attached hydrogens (tertiary/aromatic N) is 1. The van der Waals surface area contributed by atoms with Gasteiger partial charge in [0, 0.05) is 17.9 Å². The largest absolute Gasteiger partial charge is 0.338 e. The zero-order valence-electron chi connectivity index (χ0n) is 13.9. The van der Waals surface area contributed by atoms with Crippen LogP contribution in [0, 0.1) is 0 Å². The molecule has 0 bridgehead atoms. The molecule has 0 radical (unpaired) electrons. The van der Waals surface area contributed by atoms with Crippen LogP contribution < -0.4 is 15.4 Å². The van der Waals surface area contributed by atoms with Crippen LogP contribution in [0.2, 0.25) is 0 Å². The molecule has 1 rings (SSSR count). The molecule has 0 saturated carbocycles. The first kappa shape index (κ1) is 19.2. The Hall–Kier alpha value is -1.80. The Morgan fingerprint density at radius 2 is 1.65 bits per heavy atom. The number of nitrogens with one attached hydrogen (secondary N) is 3. The van der Waals surface area contributed by atoms with Crippen molar-refractivity contribution in [1.82, 2.24) is 10.2 Å². The van der Waals surface area contributed by atoms with E-state index in [1.165, 1.54) is 0 Å². The first-order valence-corrected chi connectivity index (χ1v) is 9.58. The normalized spacial score (nSPS) is 11.3. The van der Waals surface area contributed by atoms with Crippen LogP contribution in [0.1, 0.15) is 20.3 Å². The minimum atomic E-state index is -3.29. The maximum Gasteiger partial charge on any atom is 0.319 e. The Morgan fingerprint density at radius 1 is 1.09 bits per heavy atom. The van der Waals surface area contributed by atoms with Gasteiger partial charge in [0.15, 0.2) is 0 Å². The molecule has 23 heavy (non-hydrogen) atoms. The third-order valence-electron chi connectivity index (χ3n) is 3.28. The van der Waals surface area contributed by atoms with E-state index in [2.05, 4.69) is 34.1 Å². The molecule has 3 N–H and O–H groups in total. The molecule has 0 aliphatic heterocycles. The highest BCUT2D eigenvalue weighted by molar-refractivity contribution is 7.92. The Balaban J connectivity index is 2.34. The molecule has 0 aromatic heterocycles. The molecule has 0 aliphatic rings. The number of carbonyl (C=O) groups excluding carboxylic acids is 1. The Morgan fingerprint density at radius 3 is 2.17 bits per heavy atom. The predicted molar refractivity (Wildman–Crippen MR) is 94.3 cm³/mol. The van der Waals surface area contributed by atoms with Crippen LogP contribution in [0.4, 0.5) is 16.2 Å². The Kier molecular flexibility index (Phi) is 7.84. The second-order valence-electron chi connectivity index (χ2n) is 5.21. The van der Waals surface area contributed by atoms with Crippen LogP contribution in [0.25, 0.3) is 0 Å². The summed E-state index contributed by atoms with van der Waals surface area (Å²) in [5.41, 5.74) is 1.06. The van der Waals surface area contributed by atoms with E-state index >= 15 is 0 Å². The van der Waals surface area contributed by atoms with Gasteiger partial charge in [-0.15, -0.1) is 0 Å². The van der Waals surface area contributed by atoms with Crippen molar-refractivity contribution in [3.8, 4) is 0 Å². The SMILES string of the molecule is CCN(CC)CCCNC(=O)Nc1ccc(NS(C)(=O)=O)cc1. The number of sulfonamides is 1. The number of hydrogen-bond donors (Lipinski definition) is 3. The maximum absolute atomic E-state index is 11.8. The highest BCUT2D eigenvalue weighted by Crippen LogP contribution is 2.14. The molecule has 1 aromatic carbocycles. The number of urea groups is 1. The number of benzene rings is 1. The lowest BCUT2D eigenvalue weighted by molar-refractivity contribution is 0.250. The third kappa shape index (κ3) is 8.41. The van der Waals surface area contributed by atoms with E-state index in [1.54, 1.807) is 24.3 Å². The number of rotatable bonds is 9. The summed E-state index contributed by atoms with van der Waals surface area (Å²) in [4.78, 5) is 14.1. The van der Waals surface area contributed by atoms with Crippen molar-refractivity contribution in [3.05, 3.63) is 24.3 Å². The molecule has 7 nitrogen and oxygen atoms in total. The summed E-state index contributed by atoms with van der Waals surface area (Å²) < 4.78 is 24.6. The van der Waals surface area contributed by atoms with E-state index in [9.17, 15) is 13.2 Å². The topological polar surface area (TPSA) is 90.5 Å². The van der Waals surface area contributed by atoms with E-state index in [1.807, 2.05) is 0 Å². The lowest BCUT2D eigenvalue weighted by Crippen LogP contribution is -2.32. The first-order valence-electron chi connectivity index (χ1n) is 7.69. The summed E-state index contributed by atoms with van der Waals surface area (Å²) in [5.74, 6) is 0. The standard InChI is InChI=1S/C15H26N4O3S/c1-4-19(5-2)12-6-11-16-15(20)17-13-7-9-14(10-8-13)18-23(3,21)22/h7-10,18H,4-6,11-12H2,1-3H3,(H2,16,17,20). The monoisotopic (exact) mass is 342 g/mol. The maximum atomic E-state index is 11.8. The smallest absolute Gasteiger partial charge is 0.319 e. The molecule has 0 fully saturated rings. The van der Waals surface area contributed by atoms with Crippen molar-refractivity contribution >= 4 is 27.4 Å². The van der Waals surface area contributed by atoms with Crippen molar-refractivity contribution < 1.29 is 13.2 Å². The lowest BCUT2D eigenvalue weighted by Gasteiger charge is -2.17. The van der Waals surface area contributed by atoms with Crippen molar-refractivity contribution in [2.45, 2.75) is 20.3 Å². The second-order valence-corrected chi connectivity index (χ2v) is 6.96. The van der Waals surface area contributed by atoms with E-state index < -0.39 is 10.0 Å². The molecule has 0 heterocycles. The number of anilines is 2. The fourth-order valence-electron chi connectivity index (χ4n) is 2.06. The summed E-state index contributed by atoms with van der Waals surface area (Å²) in [7, 11) is -3.29. The van der Waals surface area contributed by atoms with Crippen molar-refractivity contribution in [2.75, 3.05) is 42.5 Å². The fraction of sp³-hybridized carbons (Fsp3) is 0.533. The quantitative estimate of drug-likeness (QED) is 0.598. The van der Waals surface area contributed by atoms with E-state index in [0.29, 0.717) is 17.9 Å². The van der Waals surface area contributed by atoms with Gasteiger partial charge in [0.1, 0.15) is 0 Å². The average Bonchev–Trinajstić information content (AvgIpc) is 2.48. The number of amides is 2. The van der Waals surface area contributed by atoms with Gasteiger partial charge < -0.3 is 15.5 Å². The van der Waals surface area contributed by atoms with Gasteiger partial charge in [-0.3, -0.25) is 4.72 Å². The molecule has 1 aromatic rings. The minimum Gasteiger partial charge on any atom is -0.338 e. The fourth-order valence-corrected chi connectivity index (χ4v) is 2.62. The number of hydrogen-bond acceptors (Lipinski definition) is 4. The molecule has 0 unspecified atom stereocenters. The molecule has 130 valence electrons. The summed E-state index contributed by atoms with van der Waals surface area (Å²) in [6.07, 6.45) is 1.98. The molecule has 0 aliphatic carbocycles. The third-order valence-corrected chi connectivity index (χ3v) is 3.88. The van der Waals surface area contributed by atoms with E-state index in [0.717, 1.165) is 32.3 Å². The van der Waals surface area contributed by atoms with Gasteiger partial charge in [-0.05, 0) is 50.3 Å². The van der Waals surface area contributed by atoms with Crippen LogP contribution >= 0.6 is 0 Å². The van der Waals surface area contributed by atoms with E-state index in [-0.39, 0.29) is 6.03 Å². The first-order chi connectivity index (χ1) is 10.8. The highest BCUT2D eigenvalue weighted by Gasteiger charge is 2.04. The molecule has 0 atom stereocenters. The zero-order valence-corrected chi connectivity index (χ0v) is 14.7. The molecule has 0 saturated heterocycles. The highest BCUT2D eigenvalue weighted by atomic mass is 32.2. The van der Waals surface area contributed by atoms with E-state index in [4.69, 9.17) is 0 Å². The molecule has 8 heteroatoms. The molecular formula is C15H26N4O3S. The summed E-state index contributed by atoms with van der Waals surface area (Å²) in [5, 5.41) is 5.51. The van der Waals surface area contributed by atoms with Gasteiger partial charge in [-0.2, -0.15) is 0 Å². The van der Waals surface area contributed by atoms with Gasteiger partial charge in [-0.1, -0.05) is 13.8 Å². The minimum absolute atomic E-state index is 0.270. The van der Waals surface area contributed by atoms with Crippen LogP contribution in [0.3, 0.4) is 0 Å². The molecular weight excluding hydrogens is 316 g/mol. The summed E-state index contributed by atoms with van der Waals surface area (Å²) in [6, 6.07) is 6.20. The van der Waals surface area contributed by atoms with Gasteiger partial charge in [-0.25, -0.2) is 13.2 Å². The van der Waals surface area contributed by atoms with Crippen molar-refractivity contribution in [1.29, 1.82) is 0 Å². The number of carbonyl (C=O) groups is 1. The second kappa shape index (κ2) is 9.36. The molecule has 0 spiro atoms. The zero-order chi connectivity index (χ0) is 17.3. The van der Waals surface area contributed by atoms with Gasteiger partial charge in [0.2, 0.25) is 10.0 Å². The van der Waals surface area contributed by atoms with Gasteiger partial charge in [0.25, 0.3) is 0 Å². The lowest BCUT2D eigenvalue weighted by atomic mass is 10.3. The van der Waals surface area contributed by atoms with Gasteiger partial charge in [0.05, 0.1) is 6.26 Å². The summed E-state index contributed by atoms with van der Waals surface area (Å²) in [6.45, 7) is 7.82. The van der Waals surface area contributed by atoms with Crippen LogP contribution in [0.5, 0.6) is 0 Å². The molecule has 2 amide bonds. The van der Waals surface area contributed by atoms with Crippen LogP contribution in [0.15, 0.2) is 24.3 Å². The predicted octanol–water partition coefficient (Wildman–Crippen LogP) is 1.91. The van der Waals surface area contributed by atoms with Crippen molar-refractivity contribution in [2.24, 2.45) is 0 Å². The summed E-state index contributed by atoms with van der Waals surface area (Å²) >= 11 is 0. The van der Waals surface area contributed by atoms with Crippen LogP contribution in [-0.2, 0) is 10.0 Å². The average molecular weight is 342 g/mol. The van der Waals surface area contributed by atoms with Gasteiger partial charge >= 0.3 is 6.03 Å². The van der Waals surface area contributed by atoms with Crippen LogP contribution in [-0.4, -0.2) is 51.8 Å². The Labute approximate surface area is 138 Å². The van der Waals surface area contributed by atoms with Crippen molar-refractivity contribution in [3.63, 3.8) is 0 Å². The Bertz CT molecular complexity index is 583.